The molecule has 1 fully saturated rings. The van der Waals surface area contributed by atoms with Crippen molar-refractivity contribution in [3.05, 3.63) is 23.9 Å². The van der Waals surface area contributed by atoms with Gasteiger partial charge in [0.25, 0.3) is 0 Å². The Morgan fingerprint density at radius 3 is 3.22 bits per heavy atom. The van der Waals surface area contributed by atoms with Crippen molar-refractivity contribution < 1.29 is 9.53 Å². The maximum atomic E-state index is 11.4. The summed E-state index contributed by atoms with van der Waals surface area (Å²) in [7, 11) is 1.38. The van der Waals surface area contributed by atoms with Crippen LogP contribution < -0.4 is 5.32 Å². The van der Waals surface area contributed by atoms with Crippen molar-refractivity contribution in [2.45, 2.75) is 5.25 Å². The maximum Gasteiger partial charge on any atom is 0.338 e. The number of carbonyl (C=O) groups is 1. The number of pyridine rings is 1. The Hall–Kier alpha value is -0.880. The van der Waals surface area contributed by atoms with Gasteiger partial charge in [0.15, 0.2) is 0 Å². The van der Waals surface area contributed by atoms with E-state index in [-0.39, 0.29) is 5.97 Å². The molecule has 0 saturated carbocycles. The summed E-state index contributed by atoms with van der Waals surface area (Å²) in [5.41, 5.74) is 0.528. The second-order valence-electron chi connectivity index (χ2n) is 3.87. The molecule has 2 heterocycles. The summed E-state index contributed by atoms with van der Waals surface area (Å²) in [5.74, 6) is 4.04. The lowest BCUT2D eigenvalue weighted by Crippen LogP contribution is -2.23. The summed E-state index contributed by atoms with van der Waals surface area (Å²) < 4.78 is 4.68. The molecule has 1 aliphatic heterocycles. The first-order chi connectivity index (χ1) is 8.79. The average molecular weight is 284 g/mol. The molecule has 98 valence electrons. The van der Waals surface area contributed by atoms with Gasteiger partial charge in [0.05, 0.1) is 12.7 Å². The minimum atomic E-state index is -0.331. The zero-order chi connectivity index (χ0) is 12.8. The van der Waals surface area contributed by atoms with Crippen molar-refractivity contribution >= 4 is 35.3 Å². The molecule has 1 unspecified atom stereocenters. The minimum absolute atomic E-state index is 0.331. The van der Waals surface area contributed by atoms with Crippen molar-refractivity contribution in [3.63, 3.8) is 0 Å². The second-order valence-corrected chi connectivity index (χ2v) is 6.43. The van der Waals surface area contributed by atoms with E-state index in [0.717, 1.165) is 12.4 Å². The van der Waals surface area contributed by atoms with Crippen LogP contribution in [0.5, 0.6) is 0 Å². The monoisotopic (exact) mass is 284 g/mol. The standard InChI is InChI=1S/C12H16N2O2S2/c1-16-12(15)9-2-3-13-11(6-9)14-7-10-8-17-4-5-18-10/h2-3,6,10H,4-5,7-8H2,1H3,(H,13,14). The third-order valence-corrected chi connectivity index (χ3v) is 5.42. The van der Waals surface area contributed by atoms with Crippen LogP contribution in [-0.4, -0.2) is 47.1 Å². The summed E-state index contributed by atoms with van der Waals surface area (Å²) >= 11 is 3.99. The van der Waals surface area contributed by atoms with Gasteiger partial charge in [-0.2, -0.15) is 23.5 Å². The van der Waals surface area contributed by atoms with Crippen LogP contribution in [0.4, 0.5) is 5.82 Å². The number of hydrogen-bond donors (Lipinski definition) is 1. The number of anilines is 1. The Balaban J connectivity index is 1.90. The molecule has 1 atom stereocenters. The van der Waals surface area contributed by atoms with Gasteiger partial charge in [-0.3, -0.25) is 0 Å². The summed E-state index contributed by atoms with van der Waals surface area (Å²) in [6, 6.07) is 3.38. The van der Waals surface area contributed by atoms with Crippen LogP contribution in [0.3, 0.4) is 0 Å². The summed E-state index contributed by atoms with van der Waals surface area (Å²) in [6.45, 7) is 0.884. The predicted molar refractivity (Wildman–Crippen MR) is 77.6 cm³/mol. The van der Waals surface area contributed by atoms with Crippen LogP contribution >= 0.6 is 23.5 Å². The molecule has 0 radical (unpaired) electrons. The molecule has 1 aromatic heterocycles. The molecule has 18 heavy (non-hydrogen) atoms. The summed E-state index contributed by atoms with van der Waals surface area (Å²) in [6.07, 6.45) is 1.62. The number of esters is 1. The van der Waals surface area contributed by atoms with Crippen LogP contribution in [-0.2, 0) is 4.74 Å². The van der Waals surface area contributed by atoms with Gasteiger partial charge in [-0.05, 0) is 12.1 Å². The summed E-state index contributed by atoms with van der Waals surface area (Å²) in [5, 5.41) is 3.90. The van der Waals surface area contributed by atoms with E-state index in [0.29, 0.717) is 10.8 Å². The first kappa shape index (κ1) is 13.5. The van der Waals surface area contributed by atoms with Crippen molar-refractivity contribution in [1.82, 2.24) is 4.98 Å². The van der Waals surface area contributed by atoms with E-state index < -0.39 is 0 Å². The van der Waals surface area contributed by atoms with E-state index in [2.05, 4.69) is 15.0 Å². The average Bonchev–Trinajstić information content (AvgIpc) is 2.45. The Labute approximate surface area is 115 Å². The van der Waals surface area contributed by atoms with Crippen molar-refractivity contribution in [2.75, 3.05) is 36.2 Å². The maximum absolute atomic E-state index is 11.4. The van der Waals surface area contributed by atoms with E-state index in [1.165, 1.54) is 24.4 Å². The zero-order valence-corrected chi connectivity index (χ0v) is 11.9. The fraction of sp³-hybridized carbons (Fsp3) is 0.500. The third-order valence-electron chi connectivity index (χ3n) is 2.58. The van der Waals surface area contributed by atoms with Crippen LogP contribution in [0.25, 0.3) is 0 Å². The molecule has 0 spiro atoms. The van der Waals surface area contributed by atoms with Gasteiger partial charge in [0, 0.05) is 35.3 Å². The molecule has 6 heteroatoms. The first-order valence-electron chi connectivity index (χ1n) is 5.77. The Kier molecular flexibility index (Phi) is 5.19. The quantitative estimate of drug-likeness (QED) is 0.855. The molecule has 1 N–H and O–H groups in total. The normalized spacial score (nSPS) is 19.3. The van der Waals surface area contributed by atoms with Crippen LogP contribution in [0.2, 0.25) is 0 Å². The number of methoxy groups -OCH3 is 1. The van der Waals surface area contributed by atoms with Gasteiger partial charge in [0.2, 0.25) is 0 Å². The number of ether oxygens (including phenoxy) is 1. The zero-order valence-electron chi connectivity index (χ0n) is 10.2. The lowest BCUT2D eigenvalue weighted by atomic mass is 10.2. The molecule has 4 nitrogen and oxygen atoms in total. The SMILES string of the molecule is COC(=O)c1ccnc(NCC2CSCCS2)c1. The number of aromatic nitrogens is 1. The van der Waals surface area contributed by atoms with E-state index in [1.54, 1.807) is 18.3 Å². The smallest absolute Gasteiger partial charge is 0.338 e. The molecule has 0 aromatic carbocycles. The number of rotatable bonds is 4. The molecular weight excluding hydrogens is 268 g/mol. The van der Waals surface area contributed by atoms with Gasteiger partial charge in [-0.15, -0.1) is 0 Å². The van der Waals surface area contributed by atoms with Crippen LogP contribution in [0.15, 0.2) is 18.3 Å². The highest BCUT2D eigenvalue weighted by molar-refractivity contribution is 8.06. The Morgan fingerprint density at radius 2 is 2.50 bits per heavy atom. The predicted octanol–water partition coefficient (Wildman–Crippen LogP) is 2.13. The van der Waals surface area contributed by atoms with Gasteiger partial charge in [0.1, 0.15) is 5.82 Å². The topological polar surface area (TPSA) is 51.2 Å². The molecule has 1 saturated heterocycles. The minimum Gasteiger partial charge on any atom is -0.465 e. The molecule has 2 rings (SSSR count). The fourth-order valence-electron chi connectivity index (χ4n) is 1.64. The Bertz CT molecular complexity index is 409. The van der Waals surface area contributed by atoms with E-state index in [9.17, 15) is 4.79 Å². The molecule has 0 amide bonds. The highest BCUT2D eigenvalue weighted by Crippen LogP contribution is 2.24. The Morgan fingerprint density at radius 1 is 1.61 bits per heavy atom. The number of nitrogens with one attached hydrogen (secondary N) is 1. The van der Waals surface area contributed by atoms with E-state index in [1.807, 2.05) is 23.5 Å². The second kappa shape index (κ2) is 6.89. The van der Waals surface area contributed by atoms with Gasteiger partial charge >= 0.3 is 5.97 Å². The number of hydrogen-bond acceptors (Lipinski definition) is 6. The lowest BCUT2D eigenvalue weighted by Gasteiger charge is -2.21. The number of carbonyl (C=O) groups excluding carboxylic acids is 1. The third kappa shape index (κ3) is 3.81. The van der Waals surface area contributed by atoms with E-state index in [4.69, 9.17) is 0 Å². The van der Waals surface area contributed by atoms with Crippen LogP contribution in [0.1, 0.15) is 10.4 Å². The lowest BCUT2D eigenvalue weighted by molar-refractivity contribution is 0.0600. The largest absolute Gasteiger partial charge is 0.465 e. The molecule has 0 aliphatic carbocycles. The molecular formula is C12H16N2O2S2. The first-order valence-corrected chi connectivity index (χ1v) is 7.97. The van der Waals surface area contributed by atoms with Crippen molar-refractivity contribution in [2.24, 2.45) is 0 Å². The van der Waals surface area contributed by atoms with Crippen molar-refractivity contribution in [3.8, 4) is 0 Å². The molecule has 1 aromatic rings. The molecule has 0 bridgehead atoms. The van der Waals surface area contributed by atoms with Crippen molar-refractivity contribution in [1.29, 1.82) is 0 Å². The fourth-order valence-corrected chi connectivity index (χ4v) is 4.26. The van der Waals surface area contributed by atoms with E-state index >= 15 is 0 Å². The van der Waals surface area contributed by atoms with Gasteiger partial charge in [-0.1, -0.05) is 0 Å². The number of nitrogens with zero attached hydrogens (tertiary/aromatic N) is 1. The van der Waals surface area contributed by atoms with Gasteiger partial charge in [-0.25, -0.2) is 9.78 Å². The highest BCUT2D eigenvalue weighted by atomic mass is 32.2. The molecule has 1 aliphatic rings. The summed E-state index contributed by atoms with van der Waals surface area (Å²) in [4.78, 5) is 15.6. The highest BCUT2D eigenvalue weighted by Gasteiger charge is 2.14. The number of thioether (sulfide) groups is 2. The van der Waals surface area contributed by atoms with Crippen LogP contribution in [0, 0.1) is 0 Å². The van der Waals surface area contributed by atoms with Gasteiger partial charge < -0.3 is 10.1 Å².